The lowest BCUT2D eigenvalue weighted by Crippen LogP contribution is -2.68. The van der Waals surface area contributed by atoms with Crippen LogP contribution >= 0.6 is 0 Å². The second-order valence-corrected chi connectivity index (χ2v) is 7.03. The Labute approximate surface area is 178 Å². The molecule has 13 nitrogen and oxygen atoms in total. The van der Waals surface area contributed by atoms with E-state index in [1.165, 1.54) is 13.8 Å². The highest BCUT2D eigenvalue weighted by Gasteiger charge is 2.55. The number of hydrogen-bond acceptors (Lipinski definition) is 11. The second kappa shape index (κ2) is 11.6. The molecule has 1 heterocycles. The molecule has 0 aliphatic carbocycles. The monoisotopic (exact) mass is 448 g/mol. The van der Waals surface area contributed by atoms with Crippen molar-refractivity contribution in [3.05, 3.63) is 0 Å². The summed E-state index contributed by atoms with van der Waals surface area (Å²) in [6, 6.07) is -2.62. The predicted molar refractivity (Wildman–Crippen MR) is 100 cm³/mol. The molecule has 1 saturated heterocycles. The van der Waals surface area contributed by atoms with Crippen LogP contribution < -0.4 is 11.1 Å². The Balaban J connectivity index is 3.33. The van der Waals surface area contributed by atoms with Crippen LogP contribution in [0.25, 0.3) is 0 Å². The Bertz CT molecular complexity index is 698. The topological polar surface area (TPSA) is 190 Å². The van der Waals surface area contributed by atoms with Crippen molar-refractivity contribution in [1.82, 2.24) is 5.32 Å². The normalized spacial score (nSPS) is 26.3. The number of carbonyl (C=O) groups excluding carboxylic acids is 4. The lowest BCUT2D eigenvalue weighted by atomic mass is 9.85. The predicted octanol–water partition coefficient (Wildman–Crippen LogP) is -1.54. The number of carboxylic acids is 1. The van der Waals surface area contributed by atoms with Gasteiger partial charge in [-0.25, -0.2) is 0 Å². The van der Waals surface area contributed by atoms with Crippen molar-refractivity contribution in [3.8, 4) is 0 Å². The van der Waals surface area contributed by atoms with Crippen molar-refractivity contribution in [2.24, 2.45) is 5.73 Å². The summed E-state index contributed by atoms with van der Waals surface area (Å²) in [5.41, 5.74) is 3.81. The number of amides is 1. The molecular weight excluding hydrogens is 420 g/mol. The van der Waals surface area contributed by atoms with Crippen molar-refractivity contribution in [3.63, 3.8) is 0 Å². The fourth-order valence-corrected chi connectivity index (χ4v) is 3.00. The molecule has 0 spiro atoms. The van der Waals surface area contributed by atoms with E-state index in [-0.39, 0.29) is 13.0 Å². The number of nitrogens with two attached hydrogens (primary N) is 1. The summed E-state index contributed by atoms with van der Waals surface area (Å²) in [7, 11) is 0. The molecule has 0 aromatic rings. The van der Waals surface area contributed by atoms with E-state index in [2.05, 4.69) is 5.32 Å². The van der Waals surface area contributed by atoms with Gasteiger partial charge in [0.05, 0.1) is 12.7 Å². The number of carboxylic acid groups (broad SMARTS) is 1. The number of nitrogens with one attached hydrogen (secondary N) is 1. The number of esters is 3. The van der Waals surface area contributed by atoms with Crippen LogP contribution in [-0.2, 0) is 47.7 Å². The summed E-state index contributed by atoms with van der Waals surface area (Å²) in [4.78, 5) is 57.4. The van der Waals surface area contributed by atoms with Crippen LogP contribution in [0.5, 0.6) is 0 Å². The van der Waals surface area contributed by atoms with Crippen LogP contribution in [0.2, 0.25) is 0 Å². The van der Waals surface area contributed by atoms with Crippen molar-refractivity contribution in [2.75, 3.05) is 19.8 Å². The van der Waals surface area contributed by atoms with Gasteiger partial charge in [0.2, 0.25) is 5.91 Å². The highest BCUT2D eigenvalue weighted by Crippen LogP contribution is 2.34. The summed E-state index contributed by atoms with van der Waals surface area (Å²) in [5, 5.41) is 11.5. The lowest BCUT2D eigenvalue weighted by molar-refractivity contribution is -0.274. The average Bonchev–Trinajstić information content (AvgIpc) is 2.64. The van der Waals surface area contributed by atoms with Gasteiger partial charge in [0, 0.05) is 34.1 Å². The van der Waals surface area contributed by atoms with Gasteiger partial charge >= 0.3 is 23.9 Å². The van der Waals surface area contributed by atoms with Crippen LogP contribution in [0.3, 0.4) is 0 Å². The van der Waals surface area contributed by atoms with Crippen LogP contribution in [0.4, 0.5) is 0 Å². The first-order chi connectivity index (χ1) is 14.4. The Hall–Kier alpha value is -2.77. The first-order valence-corrected chi connectivity index (χ1v) is 9.35. The number of carbonyl (C=O) groups is 5. The van der Waals surface area contributed by atoms with Crippen molar-refractivity contribution in [1.29, 1.82) is 0 Å². The first-order valence-electron chi connectivity index (χ1n) is 9.35. The standard InChI is InChI=1S/C18H28N2O11/c1-9(21)20-15-17(28-7-14(19)16(25)26)30-13(6-27-10(2)22)5-18(15,31-12(4)24)8-29-11(3)23/h13-15,17H,5-8,19H2,1-4H3,(H,20,21)(H,25,26)/t13?,14?,15?,17-,18?/m1/s1. The molecule has 0 bridgehead atoms. The largest absolute Gasteiger partial charge is 0.480 e. The van der Waals surface area contributed by atoms with Gasteiger partial charge in [0.15, 0.2) is 11.9 Å². The van der Waals surface area contributed by atoms with Crippen molar-refractivity contribution < 1.29 is 52.8 Å². The molecule has 1 amide bonds. The molecule has 13 heteroatoms. The number of rotatable bonds is 10. The van der Waals surface area contributed by atoms with Gasteiger partial charge in [-0.1, -0.05) is 0 Å². The van der Waals surface area contributed by atoms with Gasteiger partial charge in [-0.15, -0.1) is 0 Å². The summed E-state index contributed by atoms with van der Waals surface area (Å²) >= 11 is 0. The molecule has 0 aromatic heterocycles. The molecule has 4 unspecified atom stereocenters. The first kappa shape index (κ1) is 26.3. The zero-order valence-electron chi connectivity index (χ0n) is 17.7. The highest BCUT2D eigenvalue weighted by molar-refractivity contribution is 5.74. The van der Waals surface area contributed by atoms with Crippen LogP contribution in [0.15, 0.2) is 0 Å². The minimum absolute atomic E-state index is 0.136. The molecule has 1 fully saturated rings. The van der Waals surface area contributed by atoms with Gasteiger partial charge in [-0.2, -0.15) is 0 Å². The van der Waals surface area contributed by atoms with E-state index in [4.69, 9.17) is 34.5 Å². The Kier molecular flexibility index (Phi) is 9.81. The molecule has 5 atom stereocenters. The lowest BCUT2D eigenvalue weighted by Gasteiger charge is -2.48. The van der Waals surface area contributed by atoms with E-state index in [1.807, 2.05) is 0 Å². The summed E-state index contributed by atoms with van der Waals surface area (Å²) < 4.78 is 26.7. The Morgan fingerprint density at radius 3 is 2.19 bits per heavy atom. The van der Waals surface area contributed by atoms with Gasteiger partial charge in [0.1, 0.15) is 25.3 Å². The fourth-order valence-electron chi connectivity index (χ4n) is 3.00. The third-order valence-corrected chi connectivity index (χ3v) is 4.19. The number of aliphatic carboxylic acids is 1. The molecule has 1 rings (SSSR count). The van der Waals surface area contributed by atoms with E-state index in [0.29, 0.717) is 0 Å². The van der Waals surface area contributed by atoms with Crippen LogP contribution in [0.1, 0.15) is 34.1 Å². The zero-order valence-corrected chi connectivity index (χ0v) is 17.7. The number of hydrogen-bond donors (Lipinski definition) is 3. The maximum atomic E-state index is 11.9. The molecular formula is C18H28N2O11. The summed E-state index contributed by atoms with van der Waals surface area (Å²) in [6.45, 7) is 3.38. The smallest absolute Gasteiger partial charge is 0.322 e. The molecule has 1 aliphatic heterocycles. The quantitative estimate of drug-likeness (QED) is 0.258. The molecule has 1 aliphatic rings. The Morgan fingerprint density at radius 1 is 1.10 bits per heavy atom. The second-order valence-electron chi connectivity index (χ2n) is 7.03. The Morgan fingerprint density at radius 2 is 1.71 bits per heavy atom. The molecule has 0 saturated carbocycles. The SMILES string of the molecule is CC(=O)NC1[C@H](OCC(N)C(=O)O)OC(COC(C)=O)CC1(COC(C)=O)OC(C)=O. The summed E-state index contributed by atoms with van der Waals surface area (Å²) in [5.74, 6) is -3.92. The minimum Gasteiger partial charge on any atom is -0.480 e. The molecule has 0 radical (unpaired) electrons. The third-order valence-electron chi connectivity index (χ3n) is 4.19. The van der Waals surface area contributed by atoms with Crippen molar-refractivity contribution in [2.45, 2.75) is 64.2 Å². The van der Waals surface area contributed by atoms with Crippen molar-refractivity contribution >= 4 is 29.8 Å². The van der Waals surface area contributed by atoms with E-state index >= 15 is 0 Å². The van der Waals surface area contributed by atoms with E-state index < -0.39 is 73.1 Å². The van der Waals surface area contributed by atoms with Gasteiger partial charge < -0.3 is 39.8 Å². The maximum absolute atomic E-state index is 11.9. The highest BCUT2D eigenvalue weighted by atomic mass is 16.7. The van der Waals surface area contributed by atoms with Crippen LogP contribution in [0, 0.1) is 0 Å². The number of ether oxygens (including phenoxy) is 5. The maximum Gasteiger partial charge on any atom is 0.322 e. The molecule has 4 N–H and O–H groups in total. The zero-order chi connectivity index (χ0) is 23.8. The third kappa shape index (κ3) is 8.47. The van der Waals surface area contributed by atoms with Gasteiger partial charge in [0.25, 0.3) is 0 Å². The van der Waals surface area contributed by atoms with E-state index in [0.717, 1.165) is 13.8 Å². The van der Waals surface area contributed by atoms with E-state index in [9.17, 15) is 24.0 Å². The molecule has 176 valence electrons. The molecule has 31 heavy (non-hydrogen) atoms. The molecule has 0 aromatic carbocycles. The fraction of sp³-hybridized carbons (Fsp3) is 0.722. The van der Waals surface area contributed by atoms with Crippen LogP contribution in [-0.4, -0.2) is 84.8 Å². The van der Waals surface area contributed by atoms with E-state index in [1.54, 1.807) is 0 Å². The average molecular weight is 448 g/mol. The summed E-state index contributed by atoms with van der Waals surface area (Å²) in [6.07, 6.45) is -2.42. The van der Waals surface area contributed by atoms with Gasteiger partial charge in [-0.05, 0) is 0 Å². The minimum atomic E-state index is -1.66. The van der Waals surface area contributed by atoms with Gasteiger partial charge in [-0.3, -0.25) is 24.0 Å².